The van der Waals surface area contributed by atoms with Gasteiger partial charge in [0.05, 0.1) is 12.7 Å². The molecule has 0 spiro atoms. The number of alkyl halides is 1. The third-order valence-electron chi connectivity index (χ3n) is 5.86. The number of hydrogen-bond acceptors (Lipinski definition) is 9. The predicted molar refractivity (Wildman–Crippen MR) is 144 cm³/mol. The number of aliphatic hydroxyl groups is 1. The average molecular weight is 588 g/mol. The van der Waals surface area contributed by atoms with Crippen molar-refractivity contribution in [1.82, 2.24) is 14.6 Å². The molecule has 2 aromatic rings. The number of H-pyrrole nitrogens is 1. The topological polar surface area (TPSA) is 158 Å². The molecule has 12 nitrogen and oxygen atoms in total. The summed E-state index contributed by atoms with van der Waals surface area (Å²) in [4.78, 5) is 37.2. The van der Waals surface area contributed by atoms with Crippen molar-refractivity contribution < 1.29 is 33.0 Å². The summed E-state index contributed by atoms with van der Waals surface area (Å²) >= 11 is 6.58. The molecule has 216 valence electrons. The Hall–Kier alpha value is -2.47. The number of nitrogens with one attached hydrogen (secondary N) is 2. The Labute approximate surface area is 231 Å². The number of halogens is 1. The smallest absolute Gasteiger partial charge is 0.459 e. The van der Waals surface area contributed by atoms with Gasteiger partial charge in [0.1, 0.15) is 28.9 Å². The molecule has 1 saturated heterocycles. The van der Waals surface area contributed by atoms with Crippen molar-refractivity contribution in [1.29, 1.82) is 0 Å². The van der Waals surface area contributed by atoms with Crippen molar-refractivity contribution in [3.8, 4) is 5.75 Å². The molecule has 39 heavy (non-hydrogen) atoms. The molecule has 0 saturated carbocycles. The lowest BCUT2D eigenvalue weighted by Crippen LogP contribution is -2.43. The lowest BCUT2D eigenvalue weighted by Gasteiger charge is -2.27. The summed E-state index contributed by atoms with van der Waals surface area (Å²) in [7, 11) is -4.28. The summed E-state index contributed by atoms with van der Waals surface area (Å²) in [6.45, 7) is 8.16. The molecular weight excluding hydrogens is 553 g/mol. The number of aromatic nitrogens is 2. The molecule has 2 heterocycles. The maximum Gasteiger partial charge on any atom is 0.459 e. The van der Waals surface area contributed by atoms with Crippen LogP contribution in [0.25, 0.3) is 0 Å². The van der Waals surface area contributed by atoms with Crippen LogP contribution in [-0.4, -0.2) is 56.5 Å². The molecule has 1 aliphatic rings. The van der Waals surface area contributed by atoms with E-state index in [9.17, 15) is 24.1 Å². The summed E-state index contributed by atoms with van der Waals surface area (Å²) in [6.07, 6.45) is -2.66. The minimum Gasteiger partial charge on any atom is -0.462 e. The van der Waals surface area contributed by atoms with Crippen LogP contribution in [0.5, 0.6) is 5.75 Å². The fraction of sp³-hybridized carbons (Fsp3) is 0.560. The van der Waals surface area contributed by atoms with Crippen LogP contribution in [0.3, 0.4) is 0 Å². The Morgan fingerprint density at radius 2 is 1.90 bits per heavy atom. The molecule has 1 aromatic carbocycles. The lowest BCUT2D eigenvalue weighted by atomic mass is 10.0. The fourth-order valence-corrected chi connectivity index (χ4v) is 5.83. The van der Waals surface area contributed by atoms with Crippen molar-refractivity contribution in [3.63, 3.8) is 0 Å². The molecule has 3 N–H and O–H groups in total. The number of ether oxygens (including phenoxy) is 2. The summed E-state index contributed by atoms with van der Waals surface area (Å²) in [5.41, 5.74) is -1.39. The van der Waals surface area contributed by atoms with Gasteiger partial charge in [-0.15, -0.1) is 11.6 Å². The van der Waals surface area contributed by atoms with E-state index in [4.69, 9.17) is 30.1 Å². The zero-order valence-corrected chi connectivity index (χ0v) is 24.1. The second-order valence-electron chi connectivity index (χ2n) is 10.1. The van der Waals surface area contributed by atoms with Crippen molar-refractivity contribution in [2.75, 3.05) is 6.61 Å². The Morgan fingerprint density at radius 1 is 1.23 bits per heavy atom. The van der Waals surface area contributed by atoms with Crippen molar-refractivity contribution >= 4 is 25.3 Å². The first-order valence-electron chi connectivity index (χ1n) is 12.5. The van der Waals surface area contributed by atoms with Crippen LogP contribution in [-0.2, 0) is 23.4 Å². The quantitative estimate of drug-likeness (QED) is 0.191. The number of nitrogens with zero attached hydrogens (tertiary/aromatic N) is 1. The largest absolute Gasteiger partial charge is 0.462 e. The van der Waals surface area contributed by atoms with E-state index in [1.54, 1.807) is 44.2 Å². The van der Waals surface area contributed by atoms with Gasteiger partial charge in [0.15, 0.2) is 6.23 Å². The molecule has 14 heteroatoms. The van der Waals surface area contributed by atoms with Crippen LogP contribution in [0.1, 0.15) is 47.3 Å². The fourth-order valence-electron chi connectivity index (χ4n) is 4.02. The maximum absolute atomic E-state index is 14.0. The highest BCUT2D eigenvalue weighted by Crippen LogP contribution is 2.48. The van der Waals surface area contributed by atoms with Crippen LogP contribution in [0.15, 0.2) is 52.2 Å². The third-order valence-corrected chi connectivity index (χ3v) is 7.83. The first-order chi connectivity index (χ1) is 18.2. The Bertz CT molecular complexity index is 1280. The van der Waals surface area contributed by atoms with Crippen molar-refractivity contribution in [2.24, 2.45) is 5.92 Å². The second kappa shape index (κ2) is 12.8. The van der Waals surface area contributed by atoms with Gasteiger partial charge in [-0.25, -0.2) is 9.36 Å². The monoisotopic (exact) mass is 587 g/mol. The van der Waals surface area contributed by atoms with Crippen LogP contribution < -0.4 is 20.9 Å². The van der Waals surface area contributed by atoms with Crippen molar-refractivity contribution in [2.45, 2.75) is 76.5 Å². The number of carbonyl (C=O) groups is 1. The van der Waals surface area contributed by atoms with Gasteiger partial charge in [-0.2, -0.15) is 5.09 Å². The SMILES string of the molecule is CC(C)C[C@H](N[P@](=O)(OC[C@H]1O[C@@H](n2ccc(=O)[nH]c2=O)[C@](C)(Cl)[C@@H]1O)Oc1ccccc1)C(=O)OC(C)C. The number of esters is 1. The van der Waals surface area contributed by atoms with E-state index >= 15 is 0 Å². The maximum atomic E-state index is 14.0. The van der Waals surface area contributed by atoms with E-state index in [0.29, 0.717) is 0 Å². The van der Waals surface area contributed by atoms with Crippen LogP contribution >= 0.6 is 19.3 Å². The normalized spacial score (nSPS) is 25.4. The number of rotatable bonds is 12. The van der Waals surface area contributed by atoms with Gasteiger partial charge in [-0.3, -0.25) is 23.7 Å². The highest BCUT2D eigenvalue weighted by Gasteiger charge is 2.54. The standard InChI is InChI=1S/C25H35ClN3O9P/c1-15(2)13-18(22(32)36-16(3)4)28-39(34,38-17-9-7-6-8-10-17)35-14-19-21(31)25(5,26)23(37-19)29-12-11-20(30)27-24(29)33/h6-12,15-16,18-19,21,23,31H,13-14H2,1-5H3,(H,28,34)(H,27,30,33)/t18-,19+,21+,23+,25+,39-/m0/s1. The van der Waals surface area contributed by atoms with Gasteiger partial charge in [-0.05, 0) is 45.2 Å². The second-order valence-corrected chi connectivity index (χ2v) is 12.6. The van der Waals surface area contributed by atoms with E-state index in [-0.39, 0.29) is 18.1 Å². The minimum atomic E-state index is -4.28. The Morgan fingerprint density at radius 3 is 2.49 bits per heavy atom. The van der Waals surface area contributed by atoms with E-state index in [1.807, 2.05) is 13.8 Å². The van der Waals surface area contributed by atoms with E-state index < -0.39 is 67.0 Å². The summed E-state index contributed by atoms with van der Waals surface area (Å²) in [5, 5.41) is 13.6. The highest BCUT2D eigenvalue weighted by molar-refractivity contribution is 7.52. The molecule has 3 rings (SSSR count). The van der Waals surface area contributed by atoms with Crippen molar-refractivity contribution in [3.05, 3.63) is 63.4 Å². The number of aliphatic hydroxyl groups excluding tert-OH is 1. The van der Waals surface area contributed by atoms with Gasteiger partial charge in [0, 0.05) is 12.3 Å². The molecule has 0 bridgehead atoms. The molecule has 6 atom stereocenters. The molecule has 0 unspecified atom stereocenters. The lowest BCUT2D eigenvalue weighted by molar-refractivity contribution is -0.150. The third kappa shape index (κ3) is 8.03. The van der Waals surface area contributed by atoms with Gasteiger partial charge in [0.2, 0.25) is 0 Å². The first-order valence-corrected chi connectivity index (χ1v) is 14.5. The summed E-state index contributed by atoms with van der Waals surface area (Å²) in [6, 6.07) is 8.32. The van der Waals surface area contributed by atoms with Gasteiger partial charge >= 0.3 is 19.4 Å². The van der Waals surface area contributed by atoms with E-state index in [2.05, 4.69) is 10.1 Å². The molecule has 0 radical (unpaired) electrons. The Balaban J connectivity index is 1.86. The minimum absolute atomic E-state index is 0.0284. The number of benzene rings is 1. The van der Waals surface area contributed by atoms with E-state index in [1.165, 1.54) is 13.1 Å². The zero-order valence-electron chi connectivity index (χ0n) is 22.4. The summed E-state index contributed by atoms with van der Waals surface area (Å²) in [5.74, 6) is -0.385. The first kappa shape index (κ1) is 31.1. The van der Waals surface area contributed by atoms with Gasteiger partial charge in [0.25, 0.3) is 5.56 Å². The van der Waals surface area contributed by atoms with Crippen LogP contribution in [0, 0.1) is 5.92 Å². The Kier molecular flexibility index (Phi) is 10.2. The molecule has 1 aliphatic heterocycles. The summed E-state index contributed by atoms with van der Waals surface area (Å²) < 4.78 is 37.6. The van der Waals surface area contributed by atoms with E-state index in [0.717, 1.165) is 10.6 Å². The predicted octanol–water partition coefficient (Wildman–Crippen LogP) is 2.95. The number of hydrogen-bond donors (Lipinski definition) is 3. The van der Waals surface area contributed by atoms with Gasteiger partial charge in [-0.1, -0.05) is 32.0 Å². The number of carbonyl (C=O) groups excluding carboxylic acids is 1. The van der Waals surface area contributed by atoms with Gasteiger partial charge < -0.3 is 19.1 Å². The van der Waals surface area contributed by atoms with Crippen LogP contribution in [0.2, 0.25) is 0 Å². The van der Waals surface area contributed by atoms with Crippen LogP contribution in [0.4, 0.5) is 0 Å². The molecule has 0 amide bonds. The zero-order chi connectivity index (χ0) is 29.0. The molecular formula is C25H35ClN3O9P. The number of para-hydroxylation sites is 1. The highest BCUT2D eigenvalue weighted by atomic mass is 35.5. The molecule has 1 aromatic heterocycles. The molecule has 1 fully saturated rings. The average Bonchev–Trinajstić information content (AvgIpc) is 3.06. The number of aromatic amines is 1. The molecule has 0 aliphatic carbocycles.